The van der Waals surface area contributed by atoms with E-state index in [1.165, 1.54) is 6.08 Å². The van der Waals surface area contributed by atoms with Crippen LogP contribution < -0.4 is 0 Å². The van der Waals surface area contributed by atoms with Crippen molar-refractivity contribution in [3.63, 3.8) is 0 Å². The van der Waals surface area contributed by atoms with Crippen LogP contribution in [-0.4, -0.2) is 27.6 Å². The molecule has 3 rings (SSSR count). The molecule has 0 aliphatic carbocycles. The average molecular weight is 386 g/mol. The highest BCUT2D eigenvalue weighted by Crippen LogP contribution is 2.25. The zero-order chi connectivity index (χ0) is 18.5. The van der Waals surface area contributed by atoms with E-state index < -0.39 is 0 Å². The molecular formula is C20H17Cl2N3O. The number of hydrogen-bond acceptors (Lipinski definition) is 2. The summed E-state index contributed by atoms with van der Waals surface area (Å²) in [5, 5.41) is 5.36. The zero-order valence-electron chi connectivity index (χ0n) is 14.1. The standard InChI is InChI=1S/C20H17Cl2N3O/c1-24(20(26)11-10-17-18(21)8-5-9-19(17)22)13-15-12-23-25(14-15)16-6-3-2-4-7-16/h2-12,14H,13H2,1H3/b11-10+. The summed E-state index contributed by atoms with van der Waals surface area (Å²) in [4.78, 5) is 14.0. The number of hydrogen-bond donors (Lipinski definition) is 0. The van der Waals surface area contributed by atoms with Crippen LogP contribution in [-0.2, 0) is 11.3 Å². The third-order valence-corrected chi connectivity index (χ3v) is 4.50. The molecule has 0 saturated carbocycles. The van der Waals surface area contributed by atoms with Crippen LogP contribution in [0, 0.1) is 0 Å². The largest absolute Gasteiger partial charge is 0.338 e. The molecule has 0 radical (unpaired) electrons. The average Bonchev–Trinajstić information content (AvgIpc) is 3.10. The van der Waals surface area contributed by atoms with Crippen LogP contribution in [0.4, 0.5) is 0 Å². The Balaban J connectivity index is 1.66. The Hall–Kier alpha value is -2.56. The van der Waals surface area contributed by atoms with E-state index in [1.807, 2.05) is 36.5 Å². The predicted molar refractivity (Wildman–Crippen MR) is 106 cm³/mol. The molecule has 2 aromatic carbocycles. The van der Waals surface area contributed by atoms with E-state index in [0.717, 1.165) is 11.3 Å². The Morgan fingerprint density at radius 2 is 1.81 bits per heavy atom. The fraction of sp³-hybridized carbons (Fsp3) is 0.100. The smallest absolute Gasteiger partial charge is 0.246 e. The SMILES string of the molecule is CN(Cc1cnn(-c2ccccc2)c1)C(=O)/C=C/c1c(Cl)cccc1Cl. The number of amides is 1. The number of carbonyl (C=O) groups excluding carboxylic acids is 1. The van der Waals surface area contributed by atoms with Crippen molar-refractivity contribution >= 4 is 35.2 Å². The number of rotatable bonds is 5. The maximum Gasteiger partial charge on any atom is 0.246 e. The van der Waals surface area contributed by atoms with E-state index in [2.05, 4.69) is 5.10 Å². The third kappa shape index (κ3) is 4.34. The molecule has 0 bridgehead atoms. The molecule has 3 aromatic rings. The van der Waals surface area contributed by atoms with E-state index in [0.29, 0.717) is 22.2 Å². The summed E-state index contributed by atoms with van der Waals surface area (Å²) in [6, 6.07) is 15.0. The quantitative estimate of drug-likeness (QED) is 0.588. The molecule has 132 valence electrons. The van der Waals surface area contributed by atoms with Crippen LogP contribution in [0.2, 0.25) is 10.0 Å². The second kappa shape index (κ2) is 8.21. The van der Waals surface area contributed by atoms with Gasteiger partial charge in [0.1, 0.15) is 0 Å². The van der Waals surface area contributed by atoms with Gasteiger partial charge in [-0.1, -0.05) is 47.5 Å². The maximum atomic E-state index is 12.3. The van der Waals surface area contributed by atoms with Crippen molar-refractivity contribution in [2.24, 2.45) is 0 Å². The summed E-state index contributed by atoms with van der Waals surface area (Å²) < 4.78 is 1.78. The first-order valence-corrected chi connectivity index (χ1v) is 8.76. The van der Waals surface area contributed by atoms with Crippen LogP contribution in [0.1, 0.15) is 11.1 Å². The zero-order valence-corrected chi connectivity index (χ0v) is 15.7. The number of benzene rings is 2. The molecule has 1 heterocycles. The Kier molecular flexibility index (Phi) is 5.76. The molecule has 0 aliphatic rings. The number of likely N-dealkylation sites (N-methyl/N-ethyl adjacent to an activating group) is 1. The monoisotopic (exact) mass is 385 g/mol. The van der Waals surface area contributed by atoms with Gasteiger partial charge in [0, 0.05) is 47.0 Å². The molecule has 4 nitrogen and oxygen atoms in total. The van der Waals surface area contributed by atoms with Crippen LogP contribution in [0.3, 0.4) is 0 Å². The van der Waals surface area contributed by atoms with Gasteiger partial charge in [-0.15, -0.1) is 0 Å². The highest BCUT2D eigenvalue weighted by molar-refractivity contribution is 6.37. The fourth-order valence-electron chi connectivity index (χ4n) is 2.47. The minimum Gasteiger partial charge on any atom is -0.338 e. The maximum absolute atomic E-state index is 12.3. The molecular weight excluding hydrogens is 369 g/mol. The van der Waals surface area contributed by atoms with Crippen LogP contribution in [0.5, 0.6) is 0 Å². The van der Waals surface area contributed by atoms with E-state index in [1.54, 1.807) is 47.1 Å². The van der Waals surface area contributed by atoms with Crippen molar-refractivity contribution in [3.8, 4) is 5.69 Å². The van der Waals surface area contributed by atoms with Crippen molar-refractivity contribution in [3.05, 3.63) is 88.2 Å². The molecule has 6 heteroatoms. The highest BCUT2D eigenvalue weighted by Gasteiger charge is 2.09. The van der Waals surface area contributed by atoms with E-state index in [4.69, 9.17) is 23.2 Å². The molecule has 26 heavy (non-hydrogen) atoms. The topological polar surface area (TPSA) is 38.1 Å². The van der Waals surface area contributed by atoms with Crippen molar-refractivity contribution in [2.75, 3.05) is 7.05 Å². The lowest BCUT2D eigenvalue weighted by molar-refractivity contribution is -0.125. The second-order valence-corrected chi connectivity index (χ2v) is 6.61. The minimum absolute atomic E-state index is 0.145. The molecule has 0 N–H and O–H groups in total. The number of nitrogens with zero attached hydrogens (tertiary/aromatic N) is 3. The summed E-state index contributed by atoms with van der Waals surface area (Å²) in [5.41, 5.74) is 2.55. The molecule has 1 aromatic heterocycles. The van der Waals surface area contributed by atoms with Gasteiger partial charge >= 0.3 is 0 Å². The number of para-hydroxylation sites is 1. The normalized spacial score (nSPS) is 11.0. The van der Waals surface area contributed by atoms with Crippen molar-refractivity contribution < 1.29 is 4.79 Å². The second-order valence-electron chi connectivity index (χ2n) is 5.79. The van der Waals surface area contributed by atoms with Gasteiger partial charge in [0.25, 0.3) is 0 Å². The third-order valence-electron chi connectivity index (χ3n) is 3.85. The van der Waals surface area contributed by atoms with Gasteiger partial charge in [-0.05, 0) is 30.3 Å². The van der Waals surface area contributed by atoms with Gasteiger partial charge in [-0.3, -0.25) is 4.79 Å². The summed E-state index contributed by atoms with van der Waals surface area (Å²) in [6.45, 7) is 0.451. The minimum atomic E-state index is -0.145. The molecule has 0 fully saturated rings. The Labute approximate surface area is 162 Å². The van der Waals surface area contributed by atoms with Crippen molar-refractivity contribution in [1.82, 2.24) is 14.7 Å². The van der Waals surface area contributed by atoms with Gasteiger partial charge in [0.2, 0.25) is 5.91 Å². The first kappa shape index (κ1) is 18.2. The molecule has 0 saturated heterocycles. The molecule has 0 atom stereocenters. The summed E-state index contributed by atoms with van der Waals surface area (Å²) >= 11 is 12.2. The number of carbonyl (C=O) groups is 1. The summed E-state index contributed by atoms with van der Waals surface area (Å²) in [5.74, 6) is -0.145. The van der Waals surface area contributed by atoms with Crippen molar-refractivity contribution in [1.29, 1.82) is 0 Å². The highest BCUT2D eigenvalue weighted by atomic mass is 35.5. The van der Waals surface area contributed by atoms with Crippen molar-refractivity contribution in [2.45, 2.75) is 6.54 Å². The van der Waals surface area contributed by atoms with E-state index >= 15 is 0 Å². The van der Waals surface area contributed by atoms with Crippen LogP contribution in [0.25, 0.3) is 11.8 Å². The number of aromatic nitrogens is 2. The van der Waals surface area contributed by atoms with Gasteiger partial charge in [0.05, 0.1) is 11.9 Å². The lowest BCUT2D eigenvalue weighted by Crippen LogP contribution is -2.23. The molecule has 0 spiro atoms. The van der Waals surface area contributed by atoms with Crippen LogP contribution in [0.15, 0.2) is 67.0 Å². The van der Waals surface area contributed by atoms with E-state index in [9.17, 15) is 4.79 Å². The predicted octanol–water partition coefficient (Wildman–Crippen LogP) is 4.85. The molecule has 0 unspecified atom stereocenters. The summed E-state index contributed by atoms with van der Waals surface area (Å²) in [6.07, 6.45) is 6.77. The Morgan fingerprint density at radius 3 is 2.50 bits per heavy atom. The Bertz CT molecular complexity index is 915. The van der Waals surface area contributed by atoms with Gasteiger partial charge in [-0.25, -0.2) is 4.68 Å². The first-order chi connectivity index (χ1) is 12.5. The summed E-state index contributed by atoms with van der Waals surface area (Å²) in [7, 11) is 1.74. The first-order valence-electron chi connectivity index (χ1n) is 8.01. The van der Waals surface area contributed by atoms with E-state index in [-0.39, 0.29) is 5.91 Å². The lowest BCUT2D eigenvalue weighted by Gasteiger charge is -2.13. The molecule has 0 aliphatic heterocycles. The van der Waals surface area contributed by atoms with Gasteiger partial charge < -0.3 is 4.90 Å². The fourth-order valence-corrected chi connectivity index (χ4v) is 2.99. The Morgan fingerprint density at radius 1 is 1.12 bits per heavy atom. The number of halogens is 2. The van der Waals surface area contributed by atoms with Crippen LogP contribution >= 0.6 is 23.2 Å². The van der Waals surface area contributed by atoms with Gasteiger partial charge in [0.15, 0.2) is 0 Å². The molecule has 1 amide bonds. The lowest BCUT2D eigenvalue weighted by atomic mass is 10.2. The van der Waals surface area contributed by atoms with Gasteiger partial charge in [-0.2, -0.15) is 5.10 Å².